The van der Waals surface area contributed by atoms with Crippen molar-refractivity contribution in [3.8, 4) is 0 Å². The molecule has 0 fully saturated rings. The minimum Gasteiger partial charge on any atom is -0.726 e. The Morgan fingerprint density at radius 3 is 2.57 bits per heavy atom. The summed E-state index contributed by atoms with van der Waals surface area (Å²) in [7, 11) is -3.60. The van der Waals surface area contributed by atoms with Crippen LogP contribution in [0.25, 0.3) is 0 Å². The third-order valence-electron chi connectivity index (χ3n) is 2.90. The summed E-state index contributed by atoms with van der Waals surface area (Å²) in [6.07, 6.45) is 5.07. The van der Waals surface area contributed by atoms with Gasteiger partial charge >= 0.3 is 0 Å². The Kier molecular flexibility index (Phi) is 9.11. The Morgan fingerprint density at radius 1 is 1.57 bits per heavy atom. The van der Waals surface area contributed by atoms with Crippen LogP contribution in [-0.2, 0) is 14.6 Å². The molecule has 0 amide bonds. The van der Waals surface area contributed by atoms with Crippen molar-refractivity contribution in [1.29, 1.82) is 0 Å². The lowest BCUT2D eigenvalue weighted by molar-refractivity contribution is -0.591. The monoisotopic (exact) mass is 319 g/mol. The van der Waals surface area contributed by atoms with Gasteiger partial charge in [-0.1, -0.05) is 12.2 Å². The molecule has 0 saturated carbocycles. The van der Waals surface area contributed by atoms with E-state index in [-0.39, 0.29) is 0 Å². The average molecular weight is 319 g/mol. The van der Waals surface area contributed by atoms with E-state index in [1.807, 2.05) is 12.2 Å². The van der Waals surface area contributed by atoms with E-state index in [1.54, 1.807) is 0 Å². The van der Waals surface area contributed by atoms with Crippen LogP contribution in [0.4, 0.5) is 0 Å². The van der Waals surface area contributed by atoms with Crippen molar-refractivity contribution in [3.63, 3.8) is 0 Å². The molecule has 0 spiro atoms. The van der Waals surface area contributed by atoms with Crippen molar-refractivity contribution in [3.05, 3.63) is 25.3 Å². The lowest BCUT2D eigenvalue weighted by Crippen LogP contribution is -2.42. The summed E-state index contributed by atoms with van der Waals surface area (Å²) in [5.74, 6) is 1.27. The van der Waals surface area contributed by atoms with E-state index in [1.165, 1.54) is 5.84 Å². The molecule has 1 rings (SSSR count). The minimum atomic E-state index is -4.41. The molecule has 1 heterocycles. The number of hydrogen-bond donors (Lipinski definition) is 2. The molecule has 2 unspecified atom stereocenters. The van der Waals surface area contributed by atoms with E-state index in [9.17, 15) is 13.0 Å². The normalized spacial score (nSPS) is 19.3. The van der Waals surface area contributed by atoms with Gasteiger partial charge in [-0.25, -0.2) is 13.0 Å². The number of nitrogens with one attached hydrogen (secondary N) is 2. The van der Waals surface area contributed by atoms with Crippen LogP contribution in [-0.4, -0.2) is 55.8 Å². The maximum absolute atomic E-state index is 9.22. The second-order valence-corrected chi connectivity index (χ2v) is 5.67. The van der Waals surface area contributed by atoms with Crippen molar-refractivity contribution in [2.75, 3.05) is 20.2 Å². The van der Waals surface area contributed by atoms with Crippen LogP contribution in [0.3, 0.4) is 0 Å². The molecule has 2 N–H and O–H groups in total. The molecule has 0 aromatic carbocycles. The van der Waals surface area contributed by atoms with Gasteiger partial charge in [0, 0.05) is 6.54 Å². The Labute approximate surface area is 127 Å². The van der Waals surface area contributed by atoms with Crippen LogP contribution < -0.4 is 10.6 Å². The van der Waals surface area contributed by atoms with Gasteiger partial charge in [-0.3, -0.25) is 14.8 Å². The van der Waals surface area contributed by atoms with E-state index in [0.29, 0.717) is 12.2 Å². The molecule has 1 aliphatic rings. The van der Waals surface area contributed by atoms with Gasteiger partial charge in [0.05, 0.1) is 13.5 Å². The highest BCUT2D eigenvalue weighted by molar-refractivity contribution is 7.80. The molecular weight excluding hydrogens is 294 g/mol. The molecule has 122 valence electrons. The topological polar surface area (TPSA) is 93.5 Å². The molecule has 21 heavy (non-hydrogen) atoms. The fourth-order valence-electron chi connectivity index (χ4n) is 2.00. The van der Waals surface area contributed by atoms with Crippen molar-refractivity contribution in [1.82, 2.24) is 10.6 Å². The summed E-state index contributed by atoms with van der Waals surface area (Å²) in [6, 6.07) is 0.535. The zero-order chi connectivity index (χ0) is 16.5. The van der Waals surface area contributed by atoms with Gasteiger partial charge in [-0.2, -0.15) is 0 Å². The van der Waals surface area contributed by atoms with Gasteiger partial charge in [0.1, 0.15) is 18.8 Å². The van der Waals surface area contributed by atoms with Crippen molar-refractivity contribution in [2.24, 2.45) is 0 Å². The van der Waals surface area contributed by atoms with Crippen molar-refractivity contribution >= 4 is 16.2 Å². The number of rotatable bonds is 7. The highest BCUT2D eigenvalue weighted by Crippen LogP contribution is 2.04. The summed E-state index contributed by atoms with van der Waals surface area (Å²) in [5.41, 5.74) is 0. The molecule has 7 nitrogen and oxygen atoms in total. The standard InChI is InChI=1S/C12H21N3.CH4O4S/c1-5-7-12-14-9-10(3)15(12)11(4)13-8-6-2;1-5-6(2,3)4/h5-6,10-11,13H,1-2,7-9H2,3-4H3;1H3,(H,2,3,4). The summed E-state index contributed by atoms with van der Waals surface area (Å²) in [6.45, 7) is 13.8. The first-order chi connectivity index (χ1) is 9.76. The highest BCUT2D eigenvalue weighted by atomic mass is 32.3. The van der Waals surface area contributed by atoms with Gasteiger partial charge in [0.15, 0.2) is 0 Å². The van der Waals surface area contributed by atoms with Gasteiger partial charge in [0.25, 0.3) is 0 Å². The number of hydrogen-bond acceptors (Lipinski definition) is 6. The molecule has 0 aliphatic carbocycles. The Hall–Kier alpha value is -1.22. The summed E-state index contributed by atoms with van der Waals surface area (Å²) in [4.78, 5) is 0. The fraction of sp³-hybridized carbons (Fsp3) is 0.615. The third kappa shape index (κ3) is 7.96. The van der Waals surface area contributed by atoms with Crippen LogP contribution in [0, 0.1) is 0 Å². The maximum Gasteiger partial charge on any atom is 0.250 e. The first-order valence-corrected chi connectivity index (χ1v) is 7.94. The first-order valence-electron chi connectivity index (χ1n) is 6.61. The highest BCUT2D eigenvalue weighted by Gasteiger charge is 2.30. The molecule has 0 aromatic rings. The van der Waals surface area contributed by atoms with Crippen molar-refractivity contribution < 1.29 is 21.7 Å². The third-order valence-corrected chi connectivity index (χ3v) is 3.31. The Balaban J connectivity index is 0.000000567. The molecule has 0 bridgehead atoms. The van der Waals surface area contributed by atoms with E-state index < -0.39 is 10.4 Å². The molecule has 0 aromatic heterocycles. The zero-order valence-corrected chi connectivity index (χ0v) is 13.6. The quantitative estimate of drug-likeness (QED) is 0.301. The summed E-state index contributed by atoms with van der Waals surface area (Å²) in [5, 5.41) is 6.83. The Bertz CT molecular complexity index is 474. The van der Waals surface area contributed by atoms with Crippen molar-refractivity contribution in [2.45, 2.75) is 32.5 Å². The first kappa shape index (κ1) is 19.8. The predicted molar refractivity (Wildman–Crippen MR) is 81.9 cm³/mol. The second-order valence-electron chi connectivity index (χ2n) is 4.52. The average Bonchev–Trinajstić information content (AvgIpc) is 2.77. The second kappa shape index (κ2) is 9.67. The van der Waals surface area contributed by atoms with Crippen LogP contribution >= 0.6 is 0 Å². The zero-order valence-electron chi connectivity index (χ0n) is 12.8. The van der Waals surface area contributed by atoms with E-state index in [4.69, 9.17) is 0 Å². The minimum absolute atomic E-state index is 0.336. The van der Waals surface area contributed by atoms with E-state index >= 15 is 0 Å². The van der Waals surface area contributed by atoms with Crippen LogP contribution in [0.5, 0.6) is 0 Å². The molecule has 0 saturated heterocycles. The van der Waals surface area contributed by atoms with E-state index in [2.05, 4.69) is 46.4 Å². The molecule has 1 aliphatic heterocycles. The lowest BCUT2D eigenvalue weighted by atomic mass is 10.3. The SMILES string of the molecule is C=CCNC(C)[N+]1=C(CC=C)NCC1C.COS(=O)(=O)[O-]. The summed E-state index contributed by atoms with van der Waals surface area (Å²) < 4.78 is 33.4. The lowest BCUT2D eigenvalue weighted by Gasteiger charge is -2.17. The van der Waals surface area contributed by atoms with Gasteiger partial charge < -0.3 is 4.55 Å². The smallest absolute Gasteiger partial charge is 0.250 e. The number of amidine groups is 1. The molecular formula is C13H25N3O4S. The number of nitrogens with zero attached hydrogens (tertiary/aromatic N) is 1. The van der Waals surface area contributed by atoms with E-state index in [0.717, 1.165) is 26.6 Å². The Morgan fingerprint density at radius 2 is 2.14 bits per heavy atom. The fourth-order valence-corrected chi connectivity index (χ4v) is 2.00. The molecule has 0 radical (unpaired) electrons. The maximum atomic E-state index is 9.22. The van der Waals surface area contributed by atoms with Crippen LogP contribution in [0.1, 0.15) is 20.3 Å². The van der Waals surface area contributed by atoms with Gasteiger partial charge in [-0.15, -0.1) is 13.2 Å². The molecule has 2 atom stereocenters. The summed E-state index contributed by atoms with van der Waals surface area (Å²) >= 11 is 0. The molecule has 8 heteroatoms. The van der Waals surface area contributed by atoms with Gasteiger partial charge in [-0.05, 0) is 13.8 Å². The largest absolute Gasteiger partial charge is 0.726 e. The van der Waals surface area contributed by atoms with Gasteiger partial charge in [0.2, 0.25) is 16.2 Å². The van der Waals surface area contributed by atoms with Crippen LogP contribution in [0.2, 0.25) is 0 Å². The van der Waals surface area contributed by atoms with Crippen LogP contribution in [0.15, 0.2) is 25.3 Å². The predicted octanol–water partition coefficient (Wildman–Crippen LogP) is 0.180.